The van der Waals surface area contributed by atoms with E-state index < -0.39 is 6.03 Å². The van der Waals surface area contributed by atoms with Crippen LogP contribution in [0.5, 0.6) is 0 Å². The number of hydrogen-bond acceptors (Lipinski definition) is 4. The molecule has 0 bridgehead atoms. The first-order chi connectivity index (χ1) is 11.0. The van der Waals surface area contributed by atoms with Crippen molar-refractivity contribution in [2.45, 2.75) is 32.5 Å². The summed E-state index contributed by atoms with van der Waals surface area (Å²) in [6.07, 6.45) is 0. The molecule has 0 aliphatic rings. The van der Waals surface area contributed by atoms with Crippen LogP contribution in [0.2, 0.25) is 0 Å². The highest BCUT2D eigenvalue weighted by Gasteiger charge is 2.13. The molecule has 0 saturated carbocycles. The number of carbonyl (C=O) groups is 2. The highest BCUT2D eigenvalue weighted by Crippen LogP contribution is 2.23. The Balaban J connectivity index is 1.93. The van der Waals surface area contributed by atoms with Crippen molar-refractivity contribution in [2.24, 2.45) is 5.92 Å². The van der Waals surface area contributed by atoms with E-state index in [2.05, 4.69) is 20.2 Å². The molecule has 124 valence electrons. The fourth-order valence-electron chi connectivity index (χ4n) is 2.10. The number of nitrogens with zero attached hydrogens (tertiary/aromatic N) is 2. The lowest BCUT2D eigenvalue weighted by Gasteiger charge is -2.08. The molecule has 2 rings (SSSR count). The molecule has 1 heterocycles. The first kappa shape index (κ1) is 17.3. The predicted octanol–water partition coefficient (Wildman–Crippen LogP) is 2.63. The monoisotopic (exact) mass is 334 g/mol. The van der Waals surface area contributed by atoms with Gasteiger partial charge in [-0.05, 0) is 25.0 Å². The Morgan fingerprint density at radius 3 is 2.74 bits per heavy atom. The van der Waals surface area contributed by atoms with Gasteiger partial charge in [0.05, 0.1) is 16.8 Å². The van der Waals surface area contributed by atoms with Gasteiger partial charge in [-0.2, -0.15) is 0 Å². The van der Waals surface area contributed by atoms with Gasteiger partial charge in [0.2, 0.25) is 5.91 Å². The second-order valence-electron chi connectivity index (χ2n) is 5.57. The Hall–Kier alpha value is -2.02. The summed E-state index contributed by atoms with van der Waals surface area (Å²) < 4.78 is 2.06. The molecule has 6 nitrogen and oxygen atoms in total. The summed E-state index contributed by atoms with van der Waals surface area (Å²) in [5, 5.41) is 5.77. The maximum Gasteiger partial charge on any atom is 0.321 e. The Kier molecular flexibility index (Phi) is 6.04. The molecule has 0 fully saturated rings. The van der Waals surface area contributed by atoms with E-state index in [1.807, 2.05) is 45.0 Å². The minimum atomic E-state index is -0.451. The molecule has 2 N–H and O–H groups in total. The molecule has 1 aromatic carbocycles. The van der Waals surface area contributed by atoms with Crippen LogP contribution in [0.25, 0.3) is 11.0 Å². The van der Waals surface area contributed by atoms with Crippen LogP contribution in [0.4, 0.5) is 4.79 Å². The van der Waals surface area contributed by atoms with Crippen LogP contribution in [-0.2, 0) is 11.3 Å². The summed E-state index contributed by atoms with van der Waals surface area (Å²) in [5.41, 5.74) is 1.96. The second kappa shape index (κ2) is 8.01. The molecular weight excluding hydrogens is 312 g/mol. The van der Waals surface area contributed by atoms with E-state index in [9.17, 15) is 9.59 Å². The van der Waals surface area contributed by atoms with E-state index in [1.165, 1.54) is 11.8 Å². The molecule has 0 radical (unpaired) electrons. The van der Waals surface area contributed by atoms with Gasteiger partial charge in [0.1, 0.15) is 0 Å². The fraction of sp³-hybridized carbons (Fsp3) is 0.438. The van der Waals surface area contributed by atoms with E-state index in [4.69, 9.17) is 0 Å². The number of benzene rings is 1. The molecule has 0 unspecified atom stereocenters. The van der Waals surface area contributed by atoms with E-state index in [1.54, 1.807) is 0 Å². The maximum atomic E-state index is 11.9. The van der Waals surface area contributed by atoms with Gasteiger partial charge in [-0.3, -0.25) is 10.1 Å². The minimum Gasteiger partial charge on any atom is -0.338 e. The van der Waals surface area contributed by atoms with Gasteiger partial charge in [0.25, 0.3) is 0 Å². The van der Waals surface area contributed by atoms with Gasteiger partial charge in [-0.15, -0.1) is 0 Å². The number of fused-ring (bicyclic) bond motifs is 1. The molecule has 23 heavy (non-hydrogen) atoms. The van der Waals surface area contributed by atoms with Gasteiger partial charge >= 0.3 is 6.03 Å². The molecule has 1 aromatic heterocycles. The maximum absolute atomic E-state index is 11.9. The number of amides is 3. The van der Waals surface area contributed by atoms with Crippen molar-refractivity contribution in [3.8, 4) is 0 Å². The lowest BCUT2D eigenvalue weighted by molar-refractivity contribution is -0.117. The first-order valence-electron chi connectivity index (χ1n) is 7.67. The number of nitrogens with one attached hydrogen (secondary N) is 2. The first-order valence-corrected chi connectivity index (χ1v) is 8.65. The highest BCUT2D eigenvalue weighted by molar-refractivity contribution is 7.99. The smallest absolute Gasteiger partial charge is 0.321 e. The van der Waals surface area contributed by atoms with Crippen molar-refractivity contribution in [1.82, 2.24) is 20.2 Å². The Morgan fingerprint density at radius 2 is 2.04 bits per heavy atom. The van der Waals surface area contributed by atoms with Gasteiger partial charge in [0.15, 0.2) is 5.16 Å². The predicted molar refractivity (Wildman–Crippen MR) is 92.5 cm³/mol. The lowest BCUT2D eigenvalue weighted by Crippen LogP contribution is -2.41. The van der Waals surface area contributed by atoms with E-state index in [-0.39, 0.29) is 11.7 Å². The van der Waals surface area contributed by atoms with Crippen LogP contribution >= 0.6 is 11.8 Å². The molecule has 0 saturated heterocycles. The molecule has 2 aromatic rings. The van der Waals surface area contributed by atoms with E-state index >= 15 is 0 Å². The van der Waals surface area contributed by atoms with Crippen molar-refractivity contribution in [1.29, 1.82) is 0 Å². The number of hydrogen-bond donors (Lipinski definition) is 2. The molecule has 0 aliphatic carbocycles. The zero-order valence-corrected chi connectivity index (χ0v) is 14.4. The Morgan fingerprint density at radius 1 is 1.30 bits per heavy atom. The summed E-state index contributed by atoms with van der Waals surface area (Å²) in [6.45, 7) is 7.34. The number of aryl methyl sites for hydroxylation is 1. The zero-order valence-electron chi connectivity index (χ0n) is 13.6. The zero-order chi connectivity index (χ0) is 16.8. The number of para-hydroxylation sites is 2. The third-order valence-corrected chi connectivity index (χ3v) is 4.17. The second-order valence-corrected chi connectivity index (χ2v) is 6.51. The molecule has 3 amide bonds. The average Bonchev–Trinajstić information content (AvgIpc) is 2.88. The largest absolute Gasteiger partial charge is 0.338 e. The van der Waals surface area contributed by atoms with Crippen molar-refractivity contribution in [2.75, 3.05) is 12.3 Å². The van der Waals surface area contributed by atoms with Crippen LogP contribution < -0.4 is 10.6 Å². The summed E-state index contributed by atoms with van der Waals surface area (Å²) in [4.78, 5) is 28.0. The number of aromatic nitrogens is 2. The molecule has 0 atom stereocenters. The van der Waals surface area contributed by atoms with Crippen LogP contribution in [-0.4, -0.2) is 33.8 Å². The summed E-state index contributed by atoms with van der Waals surface area (Å²) in [7, 11) is 0. The number of rotatable bonds is 6. The van der Waals surface area contributed by atoms with Crippen molar-refractivity contribution in [3.63, 3.8) is 0 Å². The quantitative estimate of drug-likeness (QED) is 0.796. The molecule has 7 heteroatoms. The average molecular weight is 334 g/mol. The van der Waals surface area contributed by atoms with E-state index in [0.29, 0.717) is 12.5 Å². The van der Waals surface area contributed by atoms with Crippen LogP contribution in [0.15, 0.2) is 29.4 Å². The number of urea groups is 1. The summed E-state index contributed by atoms with van der Waals surface area (Å²) >= 11 is 1.33. The van der Waals surface area contributed by atoms with Crippen LogP contribution in [0.1, 0.15) is 20.8 Å². The molecule has 0 spiro atoms. The Labute approximate surface area is 140 Å². The topological polar surface area (TPSA) is 76.0 Å². The third kappa shape index (κ3) is 4.72. The van der Waals surface area contributed by atoms with Crippen molar-refractivity contribution >= 4 is 34.7 Å². The molecular formula is C16H22N4O2S. The van der Waals surface area contributed by atoms with Crippen LogP contribution in [0.3, 0.4) is 0 Å². The molecule has 0 aliphatic heterocycles. The van der Waals surface area contributed by atoms with Crippen molar-refractivity contribution in [3.05, 3.63) is 24.3 Å². The summed E-state index contributed by atoms with van der Waals surface area (Å²) in [5.74, 6) is 0.166. The Bertz CT molecular complexity index is 696. The SMILES string of the molecule is CCn1c(SCC(=O)NC(=O)NCC(C)C)nc2ccccc21. The standard InChI is InChI=1S/C16H22N4O2S/c1-4-20-13-8-6-5-7-12(13)18-16(20)23-10-14(21)19-15(22)17-9-11(2)3/h5-8,11H,4,9-10H2,1-3H3,(H2,17,19,21,22). The fourth-order valence-corrected chi connectivity index (χ4v) is 2.98. The van der Waals surface area contributed by atoms with E-state index in [0.717, 1.165) is 22.7 Å². The van der Waals surface area contributed by atoms with Gasteiger partial charge in [-0.1, -0.05) is 37.7 Å². The number of imidazole rings is 1. The van der Waals surface area contributed by atoms with Gasteiger partial charge < -0.3 is 9.88 Å². The summed E-state index contributed by atoms with van der Waals surface area (Å²) in [6, 6.07) is 7.42. The van der Waals surface area contributed by atoms with Crippen molar-refractivity contribution < 1.29 is 9.59 Å². The van der Waals surface area contributed by atoms with Gasteiger partial charge in [0, 0.05) is 13.1 Å². The highest BCUT2D eigenvalue weighted by atomic mass is 32.2. The minimum absolute atomic E-state index is 0.151. The van der Waals surface area contributed by atoms with Gasteiger partial charge in [-0.25, -0.2) is 9.78 Å². The number of imide groups is 1. The lowest BCUT2D eigenvalue weighted by atomic mass is 10.2. The normalized spacial score (nSPS) is 11.0. The number of carbonyl (C=O) groups excluding carboxylic acids is 2. The third-order valence-electron chi connectivity index (χ3n) is 3.19. The van der Waals surface area contributed by atoms with Crippen LogP contribution in [0, 0.1) is 5.92 Å². The number of thioether (sulfide) groups is 1.